The topological polar surface area (TPSA) is 130 Å². The quantitative estimate of drug-likeness (QED) is 0.208. The zero-order valence-corrected chi connectivity index (χ0v) is 30.0. The van der Waals surface area contributed by atoms with E-state index in [1.165, 1.54) is 90.1 Å². The molecule has 2 aliphatic heterocycles. The normalized spacial score (nSPS) is 40.7. The number of likely N-dealkylation sites (N-methyl/N-ethyl adjacent to an activating group) is 1. The van der Waals surface area contributed by atoms with Gasteiger partial charge in [-0.2, -0.15) is 0 Å². The summed E-state index contributed by atoms with van der Waals surface area (Å²) in [6.45, 7) is 13.1. The van der Waals surface area contributed by atoms with Gasteiger partial charge >= 0.3 is 23.9 Å². The van der Waals surface area contributed by atoms with Gasteiger partial charge in [-0.1, -0.05) is 20.3 Å². The molecule has 270 valence electrons. The first-order valence-electron chi connectivity index (χ1n) is 18.7. The van der Waals surface area contributed by atoms with E-state index in [-0.39, 0.29) is 29.6 Å². The van der Waals surface area contributed by atoms with E-state index in [2.05, 4.69) is 25.8 Å². The van der Waals surface area contributed by atoms with Crippen LogP contribution in [0.4, 0.5) is 0 Å². The van der Waals surface area contributed by atoms with Crippen LogP contribution in [0.5, 0.6) is 0 Å². The van der Waals surface area contributed by atoms with Gasteiger partial charge in [0.25, 0.3) is 0 Å². The Hall–Kier alpha value is -2.46. The first-order valence-corrected chi connectivity index (χ1v) is 18.7. The number of nitrogens with zero attached hydrogens (tertiary/aromatic N) is 2. The number of carboxylic acids is 2. The molecule has 48 heavy (non-hydrogen) atoms. The molecule has 10 atom stereocenters. The smallest absolute Gasteiger partial charge is 0.328 e. The fourth-order valence-electron chi connectivity index (χ4n) is 11.9. The number of quaternary nitrogens is 1. The Morgan fingerprint density at radius 1 is 0.771 bits per heavy atom. The molecule has 2 heterocycles. The van der Waals surface area contributed by atoms with Crippen LogP contribution < -0.4 is 0 Å². The monoisotopic (exact) mass is 673 g/mol. The van der Waals surface area contributed by atoms with Crippen molar-refractivity contribution < 1.29 is 43.3 Å². The van der Waals surface area contributed by atoms with Crippen LogP contribution in [0.25, 0.3) is 0 Å². The van der Waals surface area contributed by atoms with Crippen LogP contribution in [-0.2, 0) is 28.7 Å². The molecular formula is C38H61N2O8+. The number of carboxylic acid groups (broad SMARTS) is 2. The van der Waals surface area contributed by atoms with Gasteiger partial charge in [-0.15, -0.1) is 0 Å². The van der Waals surface area contributed by atoms with E-state index in [0.717, 1.165) is 29.9 Å². The second kappa shape index (κ2) is 14.8. The van der Waals surface area contributed by atoms with Crippen molar-refractivity contribution in [2.45, 2.75) is 135 Å². The Kier molecular flexibility index (Phi) is 11.3. The molecule has 0 amide bonds. The zero-order valence-electron chi connectivity index (χ0n) is 30.0. The van der Waals surface area contributed by atoms with E-state index in [1.54, 1.807) is 13.8 Å². The van der Waals surface area contributed by atoms with Crippen molar-refractivity contribution in [3.63, 3.8) is 0 Å². The second-order valence-corrected chi connectivity index (χ2v) is 16.8. The molecule has 10 nitrogen and oxygen atoms in total. The summed E-state index contributed by atoms with van der Waals surface area (Å²) in [5.74, 6) is -0.0108. The van der Waals surface area contributed by atoms with Crippen molar-refractivity contribution in [2.75, 3.05) is 33.2 Å². The Morgan fingerprint density at radius 2 is 1.38 bits per heavy atom. The highest BCUT2D eigenvalue weighted by molar-refractivity contribution is 5.89. The molecule has 6 fully saturated rings. The van der Waals surface area contributed by atoms with Gasteiger partial charge in [-0.25, -0.2) is 9.59 Å². The molecule has 4 aliphatic carbocycles. The number of carbonyl (C=O) groups excluding carboxylic acids is 2. The van der Waals surface area contributed by atoms with Gasteiger partial charge in [0.05, 0.1) is 20.1 Å². The minimum absolute atomic E-state index is 0.0466. The molecule has 0 aromatic carbocycles. The number of ether oxygens (including phenoxy) is 2. The average molecular weight is 674 g/mol. The Balaban J connectivity index is 0.000000503. The number of carbonyl (C=O) groups is 4. The molecule has 0 aromatic rings. The van der Waals surface area contributed by atoms with Gasteiger partial charge in [0.15, 0.2) is 6.10 Å². The number of hydrogen-bond acceptors (Lipinski definition) is 7. The van der Waals surface area contributed by atoms with Crippen molar-refractivity contribution in [2.24, 2.45) is 34.5 Å². The molecule has 0 bridgehead atoms. The maximum Gasteiger partial charge on any atom is 0.328 e. The number of hydrogen-bond donors (Lipinski definition) is 2. The number of likely N-dealkylation sites (tertiary alicyclic amines) is 2. The molecule has 0 radical (unpaired) electrons. The summed E-state index contributed by atoms with van der Waals surface area (Å²) in [7, 11) is 2.47. The molecule has 6 rings (SSSR count). The van der Waals surface area contributed by atoms with Gasteiger partial charge in [-0.05, 0) is 113 Å². The number of esters is 2. The summed E-state index contributed by atoms with van der Waals surface area (Å²) in [5.41, 5.74) is 0.377. The third kappa shape index (κ3) is 7.49. The van der Waals surface area contributed by atoms with Crippen molar-refractivity contribution >= 4 is 23.9 Å². The average Bonchev–Trinajstić information content (AvgIpc) is 3.33. The van der Waals surface area contributed by atoms with Crippen LogP contribution in [-0.4, -0.2) is 101 Å². The van der Waals surface area contributed by atoms with Crippen LogP contribution in [0.2, 0.25) is 0 Å². The SMILES string of the molecule is CC(=O)O[C@H]1CC2CCC3C(CC[C@@]4(C)C3C[C@H]([N+]3(C)CCCCC3)[C@@H]4OC(C)=O)[C@@]2(C)C[C@@H]1N1CCCCC1.O=C(O)/C=C/C(=O)O. The van der Waals surface area contributed by atoms with E-state index in [0.29, 0.717) is 47.4 Å². The molecule has 6 aliphatic rings. The van der Waals surface area contributed by atoms with E-state index >= 15 is 0 Å². The summed E-state index contributed by atoms with van der Waals surface area (Å²) >= 11 is 0. The van der Waals surface area contributed by atoms with Crippen molar-refractivity contribution in [3.05, 3.63) is 12.2 Å². The lowest BCUT2D eigenvalue weighted by molar-refractivity contribution is -0.940. The van der Waals surface area contributed by atoms with Crippen LogP contribution in [0.3, 0.4) is 0 Å². The van der Waals surface area contributed by atoms with E-state index in [1.807, 2.05) is 0 Å². The molecule has 4 unspecified atom stereocenters. The van der Waals surface area contributed by atoms with Crippen molar-refractivity contribution in [1.82, 2.24) is 4.90 Å². The van der Waals surface area contributed by atoms with Gasteiger partial charge in [0.2, 0.25) is 0 Å². The standard InChI is InChI=1S/C34H57N2O4.C4H4O4/c1-23(37)39-31-20-25-12-13-26-27(34(25,4)22-29(31)35-16-8-6-9-17-35)14-15-33(3)28(26)21-30(32(33)40-24(2)38)36(5)18-10-7-11-19-36;5-3(6)1-2-4(7)8/h25-32H,6-22H2,1-5H3;1-2H,(H,5,6)(H,7,8)/q+1;/b;2-1+/t25?,26?,27?,28?,29-,30-,31-,32-,33-,34-;/m0./s1. The molecule has 0 aromatic heterocycles. The Labute approximate surface area is 287 Å². The maximum atomic E-state index is 12.5. The first kappa shape index (κ1) is 36.8. The minimum Gasteiger partial charge on any atom is -0.478 e. The minimum atomic E-state index is -1.26. The van der Waals surface area contributed by atoms with E-state index in [9.17, 15) is 19.2 Å². The molecule has 2 N–H and O–H groups in total. The van der Waals surface area contributed by atoms with Crippen LogP contribution in [0.15, 0.2) is 12.2 Å². The molecule has 0 spiro atoms. The number of fused-ring (bicyclic) bond motifs is 5. The van der Waals surface area contributed by atoms with Gasteiger partial charge in [-0.3, -0.25) is 14.5 Å². The highest BCUT2D eigenvalue weighted by atomic mass is 16.5. The first-order chi connectivity index (χ1) is 22.7. The molecule has 4 saturated carbocycles. The highest BCUT2D eigenvalue weighted by Crippen LogP contribution is 2.67. The number of piperidine rings is 2. The molecule has 10 heteroatoms. The van der Waals surface area contributed by atoms with Crippen LogP contribution in [0.1, 0.15) is 111 Å². The number of aliphatic carboxylic acids is 2. The fraction of sp³-hybridized carbons (Fsp3) is 0.842. The van der Waals surface area contributed by atoms with Gasteiger partial charge in [0.1, 0.15) is 12.1 Å². The Morgan fingerprint density at radius 3 is 1.96 bits per heavy atom. The second-order valence-electron chi connectivity index (χ2n) is 16.8. The summed E-state index contributed by atoms with van der Waals surface area (Å²) in [4.78, 5) is 46.5. The fourth-order valence-corrected chi connectivity index (χ4v) is 11.9. The summed E-state index contributed by atoms with van der Waals surface area (Å²) in [6, 6.07) is 0.796. The summed E-state index contributed by atoms with van der Waals surface area (Å²) < 4.78 is 13.5. The van der Waals surface area contributed by atoms with Crippen LogP contribution in [0, 0.1) is 34.5 Å². The highest BCUT2D eigenvalue weighted by Gasteiger charge is 2.67. The van der Waals surface area contributed by atoms with Crippen molar-refractivity contribution in [1.29, 1.82) is 0 Å². The largest absolute Gasteiger partial charge is 0.478 e. The zero-order chi connectivity index (χ0) is 34.9. The van der Waals surface area contributed by atoms with Crippen LogP contribution >= 0.6 is 0 Å². The number of rotatable bonds is 6. The lowest BCUT2D eigenvalue weighted by atomic mass is 9.44. The predicted octanol–water partition coefficient (Wildman–Crippen LogP) is 5.68. The van der Waals surface area contributed by atoms with Gasteiger partial charge < -0.3 is 24.2 Å². The van der Waals surface area contributed by atoms with E-state index < -0.39 is 11.9 Å². The maximum absolute atomic E-state index is 12.5. The third-order valence-electron chi connectivity index (χ3n) is 14.1. The summed E-state index contributed by atoms with van der Waals surface area (Å²) in [6.07, 6.45) is 17.4. The Bertz CT molecular complexity index is 1210. The predicted molar refractivity (Wildman–Crippen MR) is 181 cm³/mol. The van der Waals surface area contributed by atoms with Gasteiger partial charge in [0, 0.05) is 43.9 Å². The lowest BCUT2D eigenvalue weighted by Crippen LogP contribution is -2.61. The molecule has 2 saturated heterocycles. The molecular weight excluding hydrogens is 612 g/mol. The van der Waals surface area contributed by atoms with Crippen molar-refractivity contribution in [3.8, 4) is 0 Å². The van der Waals surface area contributed by atoms with E-state index in [4.69, 9.17) is 19.7 Å². The lowest BCUT2D eigenvalue weighted by Gasteiger charge is -2.62. The summed E-state index contributed by atoms with van der Waals surface area (Å²) in [5, 5.41) is 15.6. The third-order valence-corrected chi connectivity index (χ3v) is 14.1.